The van der Waals surface area contributed by atoms with Crippen molar-refractivity contribution in [3.05, 3.63) is 29.3 Å². The molecule has 2 N–H and O–H groups in total. The fourth-order valence-electron chi connectivity index (χ4n) is 3.87. The third kappa shape index (κ3) is 6.38. The molecular formula is C22H36N4O2. The summed E-state index contributed by atoms with van der Waals surface area (Å²) >= 11 is 0. The zero-order chi connectivity index (χ0) is 19.8. The van der Waals surface area contributed by atoms with Gasteiger partial charge in [-0.3, -0.25) is 0 Å². The number of aryl methyl sites for hydroxylation is 1. The van der Waals surface area contributed by atoms with Crippen molar-refractivity contribution in [1.82, 2.24) is 15.5 Å². The average Bonchev–Trinajstić information content (AvgIpc) is 3.18. The summed E-state index contributed by atoms with van der Waals surface area (Å²) in [5.41, 5.74) is 2.32. The number of rotatable bonds is 7. The number of benzene rings is 1. The summed E-state index contributed by atoms with van der Waals surface area (Å²) in [4.78, 5) is 7.24. The van der Waals surface area contributed by atoms with Gasteiger partial charge in [-0.2, -0.15) is 0 Å². The number of nitrogens with zero attached hydrogens (tertiary/aromatic N) is 2. The first-order valence-electron chi connectivity index (χ1n) is 10.7. The third-order valence-corrected chi connectivity index (χ3v) is 5.44. The highest BCUT2D eigenvalue weighted by molar-refractivity contribution is 5.79. The Morgan fingerprint density at radius 2 is 2.21 bits per heavy atom. The molecule has 6 heteroatoms. The SMILES string of the molecule is CCNC(=NCc1ccc(C)cc1OC1CCOC1)NCC1CCCN(C)C1. The molecule has 0 aliphatic carbocycles. The summed E-state index contributed by atoms with van der Waals surface area (Å²) in [5, 5.41) is 6.91. The van der Waals surface area contributed by atoms with Gasteiger partial charge in [0.25, 0.3) is 0 Å². The molecule has 1 aromatic rings. The molecule has 2 aliphatic heterocycles. The minimum absolute atomic E-state index is 0.152. The molecule has 1 aromatic carbocycles. The molecule has 0 amide bonds. The van der Waals surface area contributed by atoms with Crippen LogP contribution in [0.1, 0.15) is 37.3 Å². The van der Waals surface area contributed by atoms with E-state index in [1.165, 1.54) is 24.9 Å². The lowest BCUT2D eigenvalue weighted by atomic mass is 9.99. The van der Waals surface area contributed by atoms with Gasteiger partial charge in [0.1, 0.15) is 11.9 Å². The number of ether oxygens (including phenoxy) is 2. The van der Waals surface area contributed by atoms with Gasteiger partial charge in [-0.05, 0) is 57.8 Å². The minimum Gasteiger partial charge on any atom is -0.488 e. The van der Waals surface area contributed by atoms with Gasteiger partial charge in [0.2, 0.25) is 0 Å². The van der Waals surface area contributed by atoms with Crippen LogP contribution >= 0.6 is 0 Å². The Labute approximate surface area is 169 Å². The summed E-state index contributed by atoms with van der Waals surface area (Å²) in [6.07, 6.45) is 3.68. The van der Waals surface area contributed by atoms with Crippen LogP contribution in [0, 0.1) is 12.8 Å². The fraction of sp³-hybridized carbons (Fsp3) is 0.682. The van der Waals surface area contributed by atoms with Gasteiger partial charge in [0.05, 0.1) is 19.8 Å². The van der Waals surface area contributed by atoms with Crippen LogP contribution in [0.15, 0.2) is 23.2 Å². The van der Waals surface area contributed by atoms with Gasteiger partial charge in [0, 0.05) is 31.6 Å². The van der Waals surface area contributed by atoms with Crippen molar-refractivity contribution in [2.75, 3.05) is 46.4 Å². The van der Waals surface area contributed by atoms with Crippen LogP contribution in [0.2, 0.25) is 0 Å². The van der Waals surface area contributed by atoms with Crippen molar-refractivity contribution in [3.63, 3.8) is 0 Å². The van der Waals surface area contributed by atoms with Crippen LogP contribution in [0.5, 0.6) is 5.75 Å². The maximum Gasteiger partial charge on any atom is 0.191 e. The van der Waals surface area contributed by atoms with E-state index in [9.17, 15) is 0 Å². The predicted molar refractivity (Wildman–Crippen MR) is 114 cm³/mol. The molecule has 0 saturated carbocycles. The lowest BCUT2D eigenvalue weighted by molar-refractivity contribution is 0.140. The van der Waals surface area contributed by atoms with E-state index in [1.54, 1.807) is 0 Å². The molecule has 156 valence electrons. The number of guanidine groups is 1. The predicted octanol–water partition coefficient (Wildman–Crippen LogP) is 2.56. The Morgan fingerprint density at radius 3 is 2.96 bits per heavy atom. The zero-order valence-corrected chi connectivity index (χ0v) is 17.7. The first-order chi connectivity index (χ1) is 13.6. The molecule has 2 heterocycles. The monoisotopic (exact) mass is 388 g/mol. The van der Waals surface area contributed by atoms with Crippen molar-refractivity contribution < 1.29 is 9.47 Å². The Balaban J connectivity index is 1.61. The average molecular weight is 389 g/mol. The van der Waals surface area contributed by atoms with E-state index in [-0.39, 0.29) is 6.10 Å². The molecule has 28 heavy (non-hydrogen) atoms. The molecule has 0 radical (unpaired) electrons. The van der Waals surface area contributed by atoms with E-state index in [1.807, 2.05) is 0 Å². The Hall–Kier alpha value is -1.79. The summed E-state index contributed by atoms with van der Waals surface area (Å²) in [7, 11) is 2.21. The number of hydrogen-bond donors (Lipinski definition) is 2. The van der Waals surface area contributed by atoms with E-state index in [0.29, 0.717) is 19.1 Å². The highest BCUT2D eigenvalue weighted by Crippen LogP contribution is 2.24. The molecule has 2 fully saturated rings. The summed E-state index contributed by atoms with van der Waals surface area (Å²) in [6, 6.07) is 6.37. The number of hydrogen-bond acceptors (Lipinski definition) is 4. The highest BCUT2D eigenvalue weighted by atomic mass is 16.5. The van der Waals surface area contributed by atoms with E-state index in [4.69, 9.17) is 14.5 Å². The van der Waals surface area contributed by atoms with Crippen LogP contribution < -0.4 is 15.4 Å². The molecular weight excluding hydrogens is 352 g/mol. The van der Waals surface area contributed by atoms with Crippen LogP contribution in [-0.4, -0.2) is 63.4 Å². The minimum atomic E-state index is 0.152. The Bertz CT molecular complexity index is 643. The van der Waals surface area contributed by atoms with Crippen molar-refractivity contribution in [1.29, 1.82) is 0 Å². The normalized spacial score (nSPS) is 23.6. The van der Waals surface area contributed by atoms with Crippen LogP contribution in [0.4, 0.5) is 0 Å². The smallest absolute Gasteiger partial charge is 0.191 e. The Morgan fingerprint density at radius 1 is 1.32 bits per heavy atom. The van der Waals surface area contributed by atoms with Crippen molar-refractivity contribution in [3.8, 4) is 5.75 Å². The van der Waals surface area contributed by atoms with Crippen LogP contribution in [-0.2, 0) is 11.3 Å². The van der Waals surface area contributed by atoms with Crippen molar-refractivity contribution in [2.45, 2.75) is 45.8 Å². The van der Waals surface area contributed by atoms with Gasteiger partial charge in [-0.25, -0.2) is 4.99 Å². The first kappa shape index (κ1) is 20.9. The second-order valence-electron chi connectivity index (χ2n) is 8.06. The summed E-state index contributed by atoms with van der Waals surface area (Å²) < 4.78 is 11.7. The number of piperidine rings is 1. The van der Waals surface area contributed by atoms with Gasteiger partial charge >= 0.3 is 0 Å². The molecule has 0 spiro atoms. The largest absolute Gasteiger partial charge is 0.488 e. The van der Waals surface area contributed by atoms with Gasteiger partial charge < -0.3 is 25.0 Å². The van der Waals surface area contributed by atoms with Crippen molar-refractivity contribution >= 4 is 5.96 Å². The lowest BCUT2D eigenvalue weighted by Crippen LogP contribution is -2.43. The van der Waals surface area contributed by atoms with E-state index >= 15 is 0 Å². The second kappa shape index (κ2) is 10.7. The quantitative estimate of drug-likeness (QED) is 0.555. The zero-order valence-electron chi connectivity index (χ0n) is 17.7. The lowest BCUT2D eigenvalue weighted by Gasteiger charge is -2.30. The van der Waals surface area contributed by atoms with E-state index < -0.39 is 0 Å². The first-order valence-corrected chi connectivity index (χ1v) is 10.7. The number of likely N-dealkylation sites (tertiary alicyclic amines) is 1. The summed E-state index contributed by atoms with van der Waals surface area (Å²) in [6.45, 7) is 10.5. The number of aliphatic imine (C=N–C) groups is 1. The fourth-order valence-corrected chi connectivity index (χ4v) is 3.87. The third-order valence-electron chi connectivity index (χ3n) is 5.44. The van der Waals surface area contributed by atoms with Crippen molar-refractivity contribution in [2.24, 2.45) is 10.9 Å². The summed E-state index contributed by atoms with van der Waals surface area (Å²) in [5.74, 6) is 2.50. The topological polar surface area (TPSA) is 58.1 Å². The Kier molecular flexibility index (Phi) is 7.98. The molecule has 0 aromatic heterocycles. The molecule has 6 nitrogen and oxygen atoms in total. The van der Waals surface area contributed by atoms with Crippen LogP contribution in [0.25, 0.3) is 0 Å². The second-order valence-corrected chi connectivity index (χ2v) is 8.06. The standard InChI is InChI=1S/C22H36N4O2/c1-4-23-22(24-13-18-6-5-10-26(3)15-18)25-14-19-8-7-17(2)12-21(19)28-20-9-11-27-16-20/h7-8,12,18,20H,4-6,9-11,13-16H2,1-3H3,(H2,23,24,25). The van der Waals surface area contributed by atoms with E-state index in [0.717, 1.165) is 49.9 Å². The van der Waals surface area contributed by atoms with Gasteiger partial charge in [-0.15, -0.1) is 0 Å². The van der Waals surface area contributed by atoms with Gasteiger partial charge in [-0.1, -0.05) is 12.1 Å². The number of nitrogens with one attached hydrogen (secondary N) is 2. The highest BCUT2D eigenvalue weighted by Gasteiger charge is 2.19. The molecule has 0 bridgehead atoms. The molecule has 2 saturated heterocycles. The molecule has 2 aliphatic rings. The maximum atomic E-state index is 6.21. The van der Waals surface area contributed by atoms with Crippen LogP contribution in [0.3, 0.4) is 0 Å². The maximum absolute atomic E-state index is 6.21. The molecule has 3 rings (SSSR count). The van der Waals surface area contributed by atoms with Gasteiger partial charge in [0.15, 0.2) is 5.96 Å². The van der Waals surface area contributed by atoms with E-state index in [2.05, 4.69) is 54.6 Å². The molecule has 2 unspecified atom stereocenters. The molecule has 2 atom stereocenters.